The average molecular weight is 402 g/mol. The van der Waals surface area contributed by atoms with E-state index in [1.165, 1.54) is 32.1 Å². The number of hydrogen-bond donors (Lipinski definition) is 1. The highest BCUT2D eigenvalue weighted by Gasteiger charge is 2.26. The highest BCUT2D eigenvalue weighted by Crippen LogP contribution is 2.29. The molecular formula is C23H47NO4. The summed E-state index contributed by atoms with van der Waals surface area (Å²) in [5.41, 5.74) is 5.04. The van der Waals surface area contributed by atoms with E-state index in [-0.39, 0.29) is 13.3 Å². The molecule has 0 heterocycles. The third-order valence-electron chi connectivity index (χ3n) is 5.45. The van der Waals surface area contributed by atoms with Gasteiger partial charge in [0.2, 0.25) is 5.91 Å². The van der Waals surface area contributed by atoms with Gasteiger partial charge in [-0.15, -0.1) is 0 Å². The van der Waals surface area contributed by atoms with Crippen LogP contribution in [0.5, 0.6) is 0 Å². The molecule has 0 radical (unpaired) electrons. The van der Waals surface area contributed by atoms with Crippen LogP contribution in [0, 0.1) is 23.7 Å². The van der Waals surface area contributed by atoms with Crippen molar-refractivity contribution in [2.24, 2.45) is 29.4 Å². The number of rotatable bonds is 10. The van der Waals surface area contributed by atoms with E-state index in [0.29, 0.717) is 30.6 Å². The van der Waals surface area contributed by atoms with E-state index in [9.17, 15) is 9.59 Å². The smallest absolute Gasteiger partial charge is 0.219 e. The standard InChI is InChI=1S/C13H25NO3.C8H14O.C2H6.H2/c1-2-16-9-11-3-5-12(6-4-11)10-17-8-7-13(14)15;1-6(2)8(9)7-4-3-5-7;1-2;/h11-12H,2-10H2,1H3,(H2,14,15);6-7H,3-5H2,1-2H3;1-2H3;1H. The molecule has 0 aromatic carbocycles. The van der Waals surface area contributed by atoms with Crippen LogP contribution < -0.4 is 5.73 Å². The number of Topliss-reactive ketones (excluding diaryl/α,β-unsaturated/α-hetero) is 1. The third kappa shape index (κ3) is 12.5. The zero-order valence-electron chi connectivity index (χ0n) is 19.0. The summed E-state index contributed by atoms with van der Waals surface area (Å²) in [5.74, 6) is 2.27. The van der Waals surface area contributed by atoms with Crippen LogP contribution in [0.1, 0.15) is 87.4 Å². The summed E-state index contributed by atoms with van der Waals surface area (Å²) >= 11 is 0. The second-order valence-corrected chi connectivity index (χ2v) is 8.02. The first-order valence-corrected chi connectivity index (χ1v) is 11.4. The molecular weight excluding hydrogens is 354 g/mol. The van der Waals surface area contributed by atoms with Gasteiger partial charge in [0, 0.05) is 39.5 Å². The first-order chi connectivity index (χ1) is 13.4. The zero-order chi connectivity index (χ0) is 21.4. The van der Waals surface area contributed by atoms with Crippen molar-refractivity contribution in [2.75, 3.05) is 26.4 Å². The highest BCUT2D eigenvalue weighted by atomic mass is 16.5. The normalized spacial score (nSPS) is 21.6. The Morgan fingerprint density at radius 3 is 1.79 bits per heavy atom. The van der Waals surface area contributed by atoms with Gasteiger partial charge in [-0.3, -0.25) is 9.59 Å². The van der Waals surface area contributed by atoms with E-state index in [4.69, 9.17) is 15.2 Å². The van der Waals surface area contributed by atoms with E-state index in [1.807, 2.05) is 34.6 Å². The minimum Gasteiger partial charge on any atom is -0.381 e. The number of carbonyl (C=O) groups excluding carboxylic acids is 2. The van der Waals surface area contributed by atoms with Gasteiger partial charge in [-0.25, -0.2) is 0 Å². The molecule has 5 nitrogen and oxygen atoms in total. The predicted octanol–water partition coefficient (Wildman–Crippen LogP) is 5.01. The van der Waals surface area contributed by atoms with Crippen LogP contribution in [0.15, 0.2) is 0 Å². The highest BCUT2D eigenvalue weighted by molar-refractivity contribution is 5.83. The summed E-state index contributed by atoms with van der Waals surface area (Å²) in [5, 5.41) is 0. The van der Waals surface area contributed by atoms with E-state index in [1.54, 1.807) is 0 Å². The molecule has 28 heavy (non-hydrogen) atoms. The van der Waals surface area contributed by atoms with Crippen molar-refractivity contribution < 1.29 is 20.5 Å². The maximum absolute atomic E-state index is 11.1. The van der Waals surface area contributed by atoms with Gasteiger partial charge in [0.25, 0.3) is 0 Å². The van der Waals surface area contributed by atoms with Crippen LogP contribution in [0.25, 0.3) is 0 Å². The molecule has 0 aromatic rings. The van der Waals surface area contributed by atoms with E-state index < -0.39 is 0 Å². The van der Waals surface area contributed by atoms with Crippen molar-refractivity contribution in [2.45, 2.75) is 86.0 Å². The van der Waals surface area contributed by atoms with Gasteiger partial charge in [0.15, 0.2) is 0 Å². The molecule has 2 N–H and O–H groups in total. The molecule has 168 valence electrons. The Bertz CT molecular complexity index is 406. The van der Waals surface area contributed by atoms with Crippen LogP contribution >= 0.6 is 0 Å². The first-order valence-electron chi connectivity index (χ1n) is 11.4. The molecule has 2 fully saturated rings. The lowest BCUT2D eigenvalue weighted by Gasteiger charge is -2.28. The Morgan fingerprint density at radius 2 is 1.46 bits per heavy atom. The monoisotopic (exact) mass is 401 g/mol. The van der Waals surface area contributed by atoms with Crippen molar-refractivity contribution in [1.29, 1.82) is 0 Å². The minimum absolute atomic E-state index is 0. The van der Waals surface area contributed by atoms with Crippen LogP contribution in [0.3, 0.4) is 0 Å². The van der Waals surface area contributed by atoms with Crippen LogP contribution in [-0.2, 0) is 19.1 Å². The summed E-state index contributed by atoms with van der Waals surface area (Å²) < 4.78 is 10.9. The SMILES string of the molecule is CC.CC(C)C(=O)C1CCC1.CCOCC1CCC(COCCC(N)=O)CC1.[HH]. The molecule has 5 heteroatoms. The van der Waals surface area contributed by atoms with Crippen molar-refractivity contribution in [3.8, 4) is 0 Å². The number of carbonyl (C=O) groups is 2. The fourth-order valence-corrected chi connectivity index (χ4v) is 3.44. The van der Waals surface area contributed by atoms with E-state index in [0.717, 1.165) is 38.6 Å². The largest absolute Gasteiger partial charge is 0.381 e. The Hall–Kier alpha value is -0.940. The van der Waals surface area contributed by atoms with Crippen molar-refractivity contribution in [3.05, 3.63) is 0 Å². The molecule has 2 aliphatic carbocycles. The van der Waals surface area contributed by atoms with E-state index >= 15 is 0 Å². The molecule has 2 saturated carbocycles. The maximum Gasteiger partial charge on any atom is 0.219 e. The summed E-state index contributed by atoms with van der Waals surface area (Å²) in [6, 6.07) is 0. The summed E-state index contributed by atoms with van der Waals surface area (Å²) in [7, 11) is 0. The lowest BCUT2D eigenvalue weighted by molar-refractivity contribution is -0.128. The fraction of sp³-hybridized carbons (Fsp3) is 0.913. The minimum atomic E-state index is -0.287. The predicted molar refractivity (Wildman–Crippen MR) is 117 cm³/mol. The van der Waals surface area contributed by atoms with Gasteiger partial charge < -0.3 is 15.2 Å². The second-order valence-electron chi connectivity index (χ2n) is 8.02. The quantitative estimate of drug-likeness (QED) is 0.522. The van der Waals surface area contributed by atoms with Crippen LogP contribution in [-0.4, -0.2) is 38.1 Å². The first kappa shape index (κ1) is 27.1. The molecule has 0 unspecified atom stereocenters. The summed E-state index contributed by atoms with van der Waals surface area (Å²) in [4.78, 5) is 21.6. The summed E-state index contributed by atoms with van der Waals surface area (Å²) in [6.45, 7) is 13.0. The molecule has 0 saturated heterocycles. The average Bonchev–Trinajstić information content (AvgIpc) is 2.65. The van der Waals surface area contributed by atoms with Crippen LogP contribution in [0.2, 0.25) is 0 Å². The van der Waals surface area contributed by atoms with Gasteiger partial charge in [0.1, 0.15) is 5.78 Å². The molecule has 0 aliphatic heterocycles. The van der Waals surface area contributed by atoms with Gasteiger partial charge in [0.05, 0.1) is 6.61 Å². The summed E-state index contributed by atoms with van der Waals surface area (Å²) in [6.07, 6.45) is 8.81. The molecule has 2 aliphatic rings. The lowest BCUT2D eigenvalue weighted by atomic mass is 9.79. The molecule has 2 rings (SSSR count). The van der Waals surface area contributed by atoms with Gasteiger partial charge in [-0.2, -0.15) is 0 Å². The number of amides is 1. The Kier molecular flexibility index (Phi) is 16.4. The van der Waals surface area contributed by atoms with Gasteiger partial charge in [-0.05, 0) is 57.3 Å². The number of ether oxygens (including phenoxy) is 2. The Balaban J connectivity index is 0. The Morgan fingerprint density at radius 1 is 0.964 bits per heavy atom. The molecule has 0 atom stereocenters. The van der Waals surface area contributed by atoms with Crippen molar-refractivity contribution in [1.82, 2.24) is 0 Å². The molecule has 0 aromatic heterocycles. The molecule has 0 spiro atoms. The number of hydrogen-bond acceptors (Lipinski definition) is 4. The van der Waals surface area contributed by atoms with Gasteiger partial charge >= 0.3 is 0 Å². The van der Waals surface area contributed by atoms with E-state index in [2.05, 4.69) is 0 Å². The fourth-order valence-electron chi connectivity index (χ4n) is 3.44. The topological polar surface area (TPSA) is 78.6 Å². The molecule has 1 amide bonds. The molecule has 0 bridgehead atoms. The Labute approximate surface area is 174 Å². The maximum atomic E-state index is 11.1. The van der Waals surface area contributed by atoms with Gasteiger partial charge in [-0.1, -0.05) is 34.1 Å². The number of ketones is 1. The van der Waals surface area contributed by atoms with Crippen LogP contribution in [0.4, 0.5) is 0 Å². The van der Waals surface area contributed by atoms with Crippen molar-refractivity contribution in [3.63, 3.8) is 0 Å². The third-order valence-corrected chi connectivity index (χ3v) is 5.45. The zero-order valence-corrected chi connectivity index (χ0v) is 19.0. The number of nitrogens with two attached hydrogens (primary N) is 1. The second kappa shape index (κ2) is 17.0. The van der Waals surface area contributed by atoms with Crippen molar-refractivity contribution >= 4 is 11.7 Å². The lowest BCUT2D eigenvalue weighted by Crippen LogP contribution is -2.25. The number of primary amides is 1.